The van der Waals surface area contributed by atoms with E-state index in [0.717, 1.165) is 11.1 Å². The first-order chi connectivity index (χ1) is 9.97. The molecular formula is C16H15FN2O2. The molecule has 2 aromatic rings. The number of carbonyl (C=O) groups is 2. The molecule has 0 atom stereocenters. The third-order valence-corrected chi connectivity index (χ3v) is 3.02. The van der Waals surface area contributed by atoms with Crippen molar-refractivity contribution in [2.45, 2.75) is 13.8 Å². The van der Waals surface area contributed by atoms with Crippen LogP contribution in [0, 0.1) is 19.7 Å². The van der Waals surface area contributed by atoms with E-state index in [1.165, 1.54) is 24.3 Å². The molecule has 0 aliphatic carbocycles. The zero-order valence-electron chi connectivity index (χ0n) is 11.7. The highest BCUT2D eigenvalue weighted by atomic mass is 19.1. The maximum atomic E-state index is 12.8. The number of amides is 2. The van der Waals surface area contributed by atoms with E-state index in [9.17, 15) is 14.0 Å². The maximum absolute atomic E-state index is 12.8. The minimum absolute atomic E-state index is 0.261. The molecule has 4 nitrogen and oxygen atoms in total. The number of benzene rings is 2. The Bertz CT molecular complexity index is 681. The molecular weight excluding hydrogens is 271 g/mol. The van der Waals surface area contributed by atoms with Crippen LogP contribution in [0.5, 0.6) is 0 Å². The van der Waals surface area contributed by atoms with Crippen LogP contribution in [-0.2, 0) is 0 Å². The van der Waals surface area contributed by atoms with E-state index >= 15 is 0 Å². The van der Waals surface area contributed by atoms with Crippen molar-refractivity contribution in [2.24, 2.45) is 0 Å². The van der Waals surface area contributed by atoms with E-state index in [2.05, 4.69) is 10.9 Å². The number of rotatable bonds is 2. The summed E-state index contributed by atoms with van der Waals surface area (Å²) in [4.78, 5) is 23.8. The summed E-state index contributed by atoms with van der Waals surface area (Å²) in [6.45, 7) is 3.76. The van der Waals surface area contributed by atoms with Gasteiger partial charge >= 0.3 is 0 Å². The molecule has 21 heavy (non-hydrogen) atoms. The fourth-order valence-corrected chi connectivity index (χ4v) is 1.92. The first-order valence-corrected chi connectivity index (χ1v) is 6.41. The number of hydrogen-bond donors (Lipinski definition) is 2. The molecule has 0 heterocycles. The van der Waals surface area contributed by atoms with Crippen molar-refractivity contribution in [3.63, 3.8) is 0 Å². The van der Waals surface area contributed by atoms with Crippen LogP contribution in [0.3, 0.4) is 0 Å². The van der Waals surface area contributed by atoms with E-state index in [1.807, 2.05) is 26.0 Å². The summed E-state index contributed by atoms with van der Waals surface area (Å²) in [6.07, 6.45) is 0. The van der Waals surface area contributed by atoms with Gasteiger partial charge in [0.25, 0.3) is 11.8 Å². The lowest BCUT2D eigenvalue weighted by atomic mass is 10.1. The van der Waals surface area contributed by atoms with Gasteiger partial charge in [-0.3, -0.25) is 20.4 Å². The molecule has 0 aliphatic rings. The van der Waals surface area contributed by atoms with E-state index in [1.54, 1.807) is 6.07 Å². The first kappa shape index (κ1) is 14.7. The quantitative estimate of drug-likeness (QED) is 0.833. The number of carbonyl (C=O) groups excluding carboxylic acids is 2. The molecule has 2 aromatic carbocycles. The van der Waals surface area contributed by atoms with Gasteiger partial charge in [0.05, 0.1) is 0 Å². The molecule has 0 fully saturated rings. The fraction of sp³-hybridized carbons (Fsp3) is 0.125. The van der Waals surface area contributed by atoms with Gasteiger partial charge in [0.15, 0.2) is 0 Å². The van der Waals surface area contributed by atoms with Crippen LogP contribution in [0.2, 0.25) is 0 Å². The van der Waals surface area contributed by atoms with E-state index in [4.69, 9.17) is 0 Å². The van der Waals surface area contributed by atoms with Gasteiger partial charge in [-0.25, -0.2) is 4.39 Å². The molecule has 0 aromatic heterocycles. The molecule has 0 bridgehead atoms. The van der Waals surface area contributed by atoms with Crippen LogP contribution in [0.4, 0.5) is 4.39 Å². The molecule has 5 heteroatoms. The highest BCUT2D eigenvalue weighted by Crippen LogP contribution is 2.10. The van der Waals surface area contributed by atoms with Gasteiger partial charge in [-0.15, -0.1) is 0 Å². The Labute approximate surface area is 122 Å². The van der Waals surface area contributed by atoms with Crippen molar-refractivity contribution >= 4 is 11.8 Å². The lowest BCUT2D eigenvalue weighted by Crippen LogP contribution is -2.41. The largest absolute Gasteiger partial charge is 0.269 e. The predicted molar refractivity (Wildman–Crippen MR) is 77.2 cm³/mol. The Kier molecular flexibility index (Phi) is 4.33. The van der Waals surface area contributed by atoms with Gasteiger partial charge in [-0.05, 0) is 49.7 Å². The van der Waals surface area contributed by atoms with Crippen LogP contribution < -0.4 is 10.9 Å². The van der Waals surface area contributed by atoms with Gasteiger partial charge in [-0.1, -0.05) is 17.7 Å². The molecule has 0 aliphatic heterocycles. The Morgan fingerprint density at radius 2 is 1.52 bits per heavy atom. The van der Waals surface area contributed by atoms with E-state index < -0.39 is 17.6 Å². The molecule has 108 valence electrons. The third-order valence-electron chi connectivity index (χ3n) is 3.02. The second kappa shape index (κ2) is 6.17. The minimum atomic E-state index is -0.506. The highest BCUT2D eigenvalue weighted by Gasteiger charge is 2.11. The highest BCUT2D eigenvalue weighted by molar-refractivity contribution is 5.99. The average Bonchev–Trinajstić information content (AvgIpc) is 2.45. The lowest BCUT2D eigenvalue weighted by Gasteiger charge is -2.09. The van der Waals surface area contributed by atoms with Gasteiger partial charge in [0, 0.05) is 11.1 Å². The Morgan fingerprint density at radius 3 is 2.14 bits per heavy atom. The van der Waals surface area contributed by atoms with Crippen LogP contribution in [0.15, 0.2) is 42.5 Å². The molecule has 0 radical (unpaired) electrons. The van der Waals surface area contributed by atoms with Crippen molar-refractivity contribution in [3.05, 3.63) is 70.5 Å². The van der Waals surface area contributed by atoms with Crippen molar-refractivity contribution in [2.75, 3.05) is 0 Å². The summed E-state index contributed by atoms with van der Waals surface area (Å²) in [5.41, 5.74) is 7.26. The molecule has 0 unspecified atom stereocenters. The number of hydrogen-bond acceptors (Lipinski definition) is 2. The first-order valence-electron chi connectivity index (χ1n) is 6.41. The molecule has 2 amide bonds. The zero-order valence-corrected chi connectivity index (χ0v) is 11.7. The van der Waals surface area contributed by atoms with Gasteiger partial charge in [0.2, 0.25) is 0 Å². The van der Waals surface area contributed by atoms with Crippen molar-refractivity contribution in [1.29, 1.82) is 0 Å². The van der Waals surface area contributed by atoms with Crippen LogP contribution in [0.25, 0.3) is 0 Å². The Balaban J connectivity index is 2.00. The summed E-state index contributed by atoms with van der Waals surface area (Å²) in [6, 6.07) is 10.5. The van der Waals surface area contributed by atoms with E-state index in [-0.39, 0.29) is 5.56 Å². The summed E-state index contributed by atoms with van der Waals surface area (Å²) in [5, 5.41) is 0. The summed E-state index contributed by atoms with van der Waals surface area (Å²) in [7, 11) is 0. The molecule has 0 saturated heterocycles. The smallest absolute Gasteiger partial charge is 0.267 e. The van der Waals surface area contributed by atoms with Crippen molar-refractivity contribution in [3.8, 4) is 0 Å². The lowest BCUT2D eigenvalue weighted by molar-refractivity contribution is 0.0846. The number of halogens is 1. The van der Waals surface area contributed by atoms with Crippen LogP contribution in [0.1, 0.15) is 31.8 Å². The normalized spacial score (nSPS) is 10.0. The zero-order chi connectivity index (χ0) is 15.4. The molecule has 2 N–H and O–H groups in total. The van der Waals surface area contributed by atoms with Crippen LogP contribution >= 0.6 is 0 Å². The molecule has 2 rings (SSSR count). The number of hydrazine groups is 1. The monoisotopic (exact) mass is 286 g/mol. The van der Waals surface area contributed by atoms with Crippen molar-refractivity contribution < 1.29 is 14.0 Å². The second-order valence-corrected chi connectivity index (χ2v) is 4.73. The van der Waals surface area contributed by atoms with E-state index in [0.29, 0.717) is 5.56 Å². The summed E-state index contributed by atoms with van der Waals surface area (Å²) < 4.78 is 12.8. The third kappa shape index (κ3) is 3.66. The number of aryl methyl sites for hydroxylation is 2. The van der Waals surface area contributed by atoms with Gasteiger partial charge < -0.3 is 0 Å². The molecule has 0 saturated carbocycles. The SMILES string of the molecule is Cc1ccc(C(=O)NNC(=O)c2ccc(F)cc2)c(C)c1. The standard InChI is InChI=1S/C16H15FN2O2/c1-10-3-8-14(11(2)9-10)16(21)19-18-15(20)12-4-6-13(17)7-5-12/h3-9H,1-2H3,(H,18,20)(H,19,21). The average molecular weight is 286 g/mol. The Morgan fingerprint density at radius 1 is 0.905 bits per heavy atom. The number of nitrogens with one attached hydrogen (secondary N) is 2. The topological polar surface area (TPSA) is 58.2 Å². The minimum Gasteiger partial charge on any atom is -0.267 e. The van der Waals surface area contributed by atoms with Gasteiger partial charge in [0.1, 0.15) is 5.82 Å². The van der Waals surface area contributed by atoms with Gasteiger partial charge in [-0.2, -0.15) is 0 Å². The van der Waals surface area contributed by atoms with Crippen molar-refractivity contribution in [1.82, 2.24) is 10.9 Å². The second-order valence-electron chi connectivity index (χ2n) is 4.73. The summed E-state index contributed by atoms with van der Waals surface area (Å²) >= 11 is 0. The predicted octanol–water partition coefficient (Wildman–Crippen LogP) is 2.52. The summed E-state index contributed by atoms with van der Waals surface area (Å²) in [5.74, 6) is -1.33. The van der Waals surface area contributed by atoms with Crippen LogP contribution in [-0.4, -0.2) is 11.8 Å². The Hall–Kier alpha value is -2.69. The maximum Gasteiger partial charge on any atom is 0.269 e. The fourth-order valence-electron chi connectivity index (χ4n) is 1.92. The molecule has 0 spiro atoms.